The van der Waals surface area contributed by atoms with Crippen LogP contribution in [-0.4, -0.2) is 31.6 Å². The molecule has 2 heterocycles. The molecule has 0 unspecified atom stereocenters. The molecule has 2 aromatic heterocycles. The second kappa shape index (κ2) is 7.12. The number of hydrogen-bond acceptors (Lipinski definition) is 7. The first kappa shape index (κ1) is 16.1. The standard InChI is InChI=1S/C12H18N4O3S2/c1-3-13-7-10-6-11(9(2)20-10)21(17,18)16-5-4-12-14-8-15-19-12/h6,8,13,16H,3-5,7H2,1-2H3. The van der Waals surface area contributed by atoms with E-state index in [4.69, 9.17) is 4.52 Å². The molecule has 0 bridgehead atoms. The number of hydrogen-bond donors (Lipinski definition) is 2. The summed E-state index contributed by atoms with van der Waals surface area (Å²) in [6.07, 6.45) is 1.66. The molecular weight excluding hydrogens is 312 g/mol. The molecule has 0 amide bonds. The number of aromatic nitrogens is 2. The summed E-state index contributed by atoms with van der Waals surface area (Å²) in [5.41, 5.74) is 0. The number of nitrogens with zero attached hydrogens (tertiary/aromatic N) is 2. The van der Waals surface area contributed by atoms with E-state index in [2.05, 4.69) is 20.2 Å². The highest BCUT2D eigenvalue weighted by Crippen LogP contribution is 2.25. The smallest absolute Gasteiger partial charge is 0.241 e. The van der Waals surface area contributed by atoms with Gasteiger partial charge in [-0.1, -0.05) is 12.1 Å². The predicted molar refractivity (Wildman–Crippen MR) is 79.6 cm³/mol. The quantitative estimate of drug-likeness (QED) is 0.751. The fourth-order valence-corrected chi connectivity index (χ4v) is 4.44. The van der Waals surface area contributed by atoms with Crippen LogP contribution in [0.3, 0.4) is 0 Å². The van der Waals surface area contributed by atoms with Crippen molar-refractivity contribution < 1.29 is 12.9 Å². The molecule has 0 aliphatic rings. The molecule has 0 fully saturated rings. The molecule has 0 aromatic carbocycles. The van der Waals surface area contributed by atoms with Crippen LogP contribution in [0, 0.1) is 6.92 Å². The zero-order valence-electron chi connectivity index (χ0n) is 11.9. The van der Waals surface area contributed by atoms with Crippen molar-refractivity contribution in [1.82, 2.24) is 20.2 Å². The Hall–Kier alpha value is -1.29. The van der Waals surface area contributed by atoms with Crippen molar-refractivity contribution in [3.63, 3.8) is 0 Å². The van der Waals surface area contributed by atoms with Gasteiger partial charge in [-0.2, -0.15) is 4.98 Å². The van der Waals surface area contributed by atoms with E-state index in [1.165, 1.54) is 17.7 Å². The van der Waals surface area contributed by atoms with Gasteiger partial charge in [0.2, 0.25) is 15.9 Å². The second-order valence-corrected chi connectivity index (χ2v) is 7.47. The van der Waals surface area contributed by atoms with E-state index in [9.17, 15) is 8.42 Å². The van der Waals surface area contributed by atoms with Crippen LogP contribution < -0.4 is 10.0 Å². The lowest BCUT2D eigenvalue weighted by Gasteiger charge is -2.04. The van der Waals surface area contributed by atoms with Crippen molar-refractivity contribution in [2.75, 3.05) is 13.1 Å². The molecule has 0 spiro atoms. The summed E-state index contributed by atoms with van der Waals surface area (Å²) in [7, 11) is -3.51. The maximum atomic E-state index is 12.3. The van der Waals surface area contributed by atoms with Gasteiger partial charge in [0.1, 0.15) is 0 Å². The molecule has 0 aliphatic carbocycles. The molecule has 9 heteroatoms. The third kappa shape index (κ3) is 4.34. The zero-order chi connectivity index (χ0) is 15.3. The molecule has 0 saturated heterocycles. The normalized spacial score (nSPS) is 11.9. The molecule has 2 rings (SSSR count). The van der Waals surface area contributed by atoms with E-state index in [0.29, 0.717) is 23.8 Å². The Balaban J connectivity index is 1.99. The lowest BCUT2D eigenvalue weighted by atomic mass is 10.4. The molecule has 0 aliphatic heterocycles. The minimum Gasteiger partial charge on any atom is -0.340 e. The first-order valence-electron chi connectivity index (χ1n) is 6.58. The van der Waals surface area contributed by atoms with Crippen LogP contribution in [0.25, 0.3) is 0 Å². The van der Waals surface area contributed by atoms with Crippen LogP contribution in [0.2, 0.25) is 0 Å². The van der Waals surface area contributed by atoms with Crippen molar-refractivity contribution in [3.8, 4) is 0 Å². The Kier molecular flexibility index (Phi) is 5.45. The Labute approximate surface area is 127 Å². The van der Waals surface area contributed by atoms with E-state index >= 15 is 0 Å². The molecular formula is C12H18N4O3S2. The van der Waals surface area contributed by atoms with Gasteiger partial charge in [-0.15, -0.1) is 11.3 Å². The van der Waals surface area contributed by atoms with Crippen LogP contribution >= 0.6 is 11.3 Å². The maximum absolute atomic E-state index is 12.3. The van der Waals surface area contributed by atoms with Crippen molar-refractivity contribution in [2.24, 2.45) is 0 Å². The maximum Gasteiger partial charge on any atom is 0.241 e. The summed E-state index contributed by atoms with van der Waals surface area (Å²) >= 11 is 1.49. The molecule has 2 aromatic rings. The van der Waals surface area contributed by atoms with Gasteiger partial charge in [-0.3, -0.25) is 0 Å². The third-order valence-corrected chi connectivity index (χ3v) is 5.57. The van der Waals surface area contributed by atoms with Crippen LogP contribution in [0.4, 0.5) is 0 Å². The topological polar surface area (TPSA) is 97.1 Å². The minimum atomic E-state index is -3.51. The van der Waals surface area contributed by atoms with Gasteiger partial charge >= 0.3 is 0 Å². The summed E-state index contributed by atoms with van der Waals surface area (Å²) in [4.78, 5) is 5.98. The lowest BCUT2D eigenvalue weighted by molar-refractivity contribution is 0.377. The highest BCUT2D eigenvalue weighted by Gasteiger charge is 2.19. The van der Waals surface area contributed by atoms with Gasteiger partial charge in [0.15, 0.2) is 6.33 Å². The average molecular weight is 330 g/mol. The Morgan fingerprint density at radius 3 is 2.90 bits per heavy atom. The van der Waals surface area contributed by atoms with Crippen molar-refractivity contribution in [3.05, 3.63) is 28.0 Å². The first-order valence-corrected chi connectivity index (χ1v) is 8.88. The first-order chi connectivity index (χ1) is 10.0. The molecule has 2 N–H and O–H groups in total. The Morgan fingerprint density at radius 1 is 1.43 bits per heavy atom. The number of thiophene rings is 1. The molecule has 116 valence electrons. The van der Waals surface area contributed by atoms with E-state index in [0.717, 1.165) is 16.3 Å². The Morgan fingerprint density at radius 2 is 2.24 bits per heavy atom. The van der Waals surface area contributed by atoms with E-state index in [1.807, 2.05) is 13.8 Å². The van der Waals surface area contributed by atoms with E-state index in [1.54, 1.807) is 6.07 Å². The summed E-state index contributed by atoms with van der Waals surface area (Å²) < 4.78 is 31.9. The molecule has 21 heavy (non-hydrogen) atoms. The van der Waals surface area contributed by atoms with Crippen LogP contribution in [0.5, 0.6) is 0 Å². The second-order valence-electron chi connectivity index (χ2n) is 4.40. The third-order valence-electron chi connectivity index (χ3n) is 2.80. The van der Waals surface area contributed by atoms with Gasteiger partial charge in [0.25, 0.3) is 0 Å². The average Bonchev–Trinajstić information content (AvgIpc) is 3.06. The zero-order valence-corrected chi connectivity index (χ0v) is 13.6. The predicted octanol–water partition coefficient (Wildman–Crippen LogP) is 1.07. The fourth-order valence-electron chi connectivity index (χ4n) is 1.80. The van der Waals surface area contributed by atoms with Crippen molar-refractivity contribution >= 4 is 21.4 Å². The molecule has 0 atom stereocenters. The summed E-state index contributed by atoms with van der Waals surface area (Å²) in [6, 6.07) is 1.72. The SMILES string of the molecule is CCNCc1cc(S(=O)(=O)NCCc2ncno2)c(C)s1. The Bertz CT molecular complexity index is 665. The number of sulfonamides is 1. The largest absolute Gasteiger partial charge is 0.340 e. The lowest BCUT2D eigenvalue weighted by Crippen LogP contribution is -2.26. The van der Waals surface area contributed by atoms with Crippen molar-refractivity contribution in [2.45, 2.75) is 31.7 Å². The van der Waals surface area contributed by atoms with Gasteiger partial charge in [-0.05, 0) is 19.5 Å². The fraction of sp³-hybridized carbons (Fsp3) is 0.500. The summed E-state index contributed by atoms with van der Waals surface area (Å²) in [6.45, 7) is 5.58. The number of rotatable bonds is 8. The van der Waals surface area contributed by atoms with Gasteiger partial charge < -0.3 is 9.84 Å². The minimum absolute atomic E-state index is 0.225. The van der Waals surface area contributed by atoms with Crippen LogP contribution in [0.15, 0.2) is 21.8 Å². The van der Waals surface area contributed by atoms with Crippen LogP contribution in [-0.2, 0) is 23.0 Å². The summed E-state index contributed by atoms with van der Waals surface area (Å²) in [5.74, 6) is 0.410. The van der Waals surface area contributed by atoms with Crippen molar-refractivity contribution in [1.29, 1.82) is 0 Å². The summed E-state index contributed by atoms with van der Waals surface area (Å²) in [5, 5.41) is 6.66. The number of nitrogens with one attached hydrogen (secondary N) is 2. The molecule has 7 nitrogen and oxygen atoms in total. The highest BCUT2D eigenvalue weighted by molar-refractivity contribution is 7.89. The molecule has 0 saturated carbocycles. The van der Waals surface area contributed by atoms with E-state index in [-0.39, 0.29) is 6.54 Å². The van der Waals surface area contributed by atoms with Gasteiger partial charge in [-0.25, -0.2) is 13.1 Å². The van der Waals surface area contributed by atoms with Crippen LogP contribution in [0.1, 0.15) is 22.6 Å². The molecule has 0 radical (unpaired) electrons. The highest BCUT2D eigenvalue weighted by atomic mass is 32.2. The van der Waals surface area contributed by atoms with Gasteiger partial charge in [0, 0.05) is 29.3 Å². The van der Waals surface area contributed by atoms with E-state index < -0.39 is 10.0 Å². The monoisotopic (exact) mass is 330 g/mol. The number of aryl methyl sites for hydroxylation is 1. The van der Waals surface area contributed by atoms with Gasteiger partial charge in [0.05, 0.1) is 4.90 Å².